The molecule has 0 aliphatic rings. The van der Waals surface area contributed by atoms with Gasteiger partial charge in [0, 0.05) is 24.0 Å². The van der Waals surface area contributed by atoms with Gasteiger partial charge in [-0.25, -0.2) is 0 Å². The lowest BCUT2D eigenvalue weighted by Crippen LogP contribution is -2.15. The van der Waals surface area contributed by atoms with E-state index >= 15 is 0 Å². The third-order valence-electron chi connectivity index (χ3n) is 3.86. The van der Waals surface area contributed by atoms with Crippen LogP contribution in [-0.2, 0) is 11.8 Å². The second-order valence-electron chi connectivity index (χ2n) is 6.05. The van der Waals surface area contributed by atoms with Crippen molar-refractivity contribution in [2.24, 2.45) is 7.05 Å². The van der Waals surface area contributed by atoms with Crippen LogP contribution in [0.5, 0.6) is 5.75 Å². The number of ether oxygens (including phenoxy) is 1. The molecule has 0 aliphatic heterocycles. The predicted molar refractivity (Wildman–Crippen MR) is 112 cm³/mol. The van der Waals surface area contributed by atoms with Crippen LogP contribution in [0.25, 0.3) is 0 Å². The van der Waals surface area contributed by atoms with Crippen molar-refractivity contribution >= 4 is 35.0 Å². The average molecular weight is 411 g/mol. The van der Waals surface area contributed by atoms with Gasteiger partial charge in [0.1, 0.15) is 12.1 Å². The Balaban J connectivity index is 1.51. The van der Waals surface area contributed by atoms with E-state index < -0.39 is 0 Å². The molecular weight excluding hydrogens is 390 g/mol. The zero-order valence-corrected chi connectivity index (χ0v) is 16.9. The minimum atomic E-state index is -0.232. The van der Waals surface area contributed by atoms with Crippen molar-refractivity contribution < 1.29 is 14.3 Å². The maximum absolute atomic E-state index is 12.4. The number of carbonyl (C=O) groups excluding carboxylic acids is 2. The zero-order chi connectivity index (χ0) is 20.6. The lowest BCUT2D eigenvalue weighted by molar-refractivity contribution is -0.113. The van der Waals surface area contributed by atoms with Crippen molar-refractivity contribution in [2.75, 3.05) is 23.0 Å². The molecule has 1 heterocycles. The quantitative estimate of drug-likeness (QED) is 0.553. The molecule has 0 bridgehead atoms. The van der Waals surface area contributed by atoms with Gasteiger partial charge in [-0.1, -0.05) is 11.8 Å². The number of nitrogens with zero attached hydrogens (tertiary/aromatic N) is 3. The minimum Gasteiger partial charge on any atom is -0.494 e. The van der Waals surface area contributed by atoms with E-state index in [0.29, 0.717) is 28.7 Å². The lowest BCUT2D eigenvalue weighted by Gasteiger charge is -2.08. The highest BCUT2D eigenvalue weighted by atomic mass is 32.2. The summed E-state index contributed by atoms with van der Waals surface area (Å²) in [5.74, 6) is 0.573. The summed E-state index contributed by atoms with van der Waals surface area (Å²) in [5, 5.41) is 14.0. The molecule has 3 aromatic rings. The summed E-state index contributed by atoms with van der Waals surface area (Å²) in [5.41, 5.74) is 1.79. The van der Waals surface area contributed by atoms with E-state index in [1.165, 1.54) is 11.8 Å². The fourth-order valence-electron chi connectivity index (χ4n) is 2.44. The molecule has 8 nitrogen and oxygen atoms in total. The summed E-state index contributed by atoms with van der Waals surface area (Å²) in [6.45, 7) is 2.51. The van der Waals surface area contributed by atoms with E-state index in [1.54, 1.807) is 59.4 Å². The molecule has 1 aromatic heterocycles. The first kappa shape index (κ1) is 20.4. The number of hydrogen-bond acceptors (Lipinski definition) is 6. The van der Waals surface area contributed by atoms with Crippen LogP contribution in [0.15, 0.2) is 60.0 Å². The molecule has 0 fully saturated rings. The van der Waals surface area contributed by atoms with Crippen molar-refractivity contribution in [1.29, 1.82) is 0 Å². The Morgan fingerprint density at radius 3 is 2.31 bits per heavy atom. The highest BCUT2D eigenvalue weighted by Crippen LogP contribution is 2.18. The summed E-state index contributed by atoms with van der Waals surface area (Å²) in [7, 11) is 1.82. The highest BCUT2D eigenvalue weighted by molar-refractivity contribution is 7.99. The molecule has 0 spiro atoms. The highest BCUT2D eigenvalue weighted by Gasteiger charge is 2.09. The molecule has 9 heteroatoms. The van der Waals surface area contributed by atoms with Crippen LogP contribution in [0, 0.1) is 0 Å². The molecule has 0 saturated carbocycles. The van der Waals surface area contributed by atoms with Crippen LogP contribution < -0.4 is 15.4 Å². The number of anilines is 2. The van der Waals surface area contributed by atoms with Gasteiger partial charge in [-0.05, 0) is 55.5 Å². The predicted octanol–water partition coefficient (Wildman–Crippen LogP) is 3.20. The van der Waals surface area contributed by atoms with Gasteiger partial charge in [0.2, 0.25) is 5.91 Å². The third-order valence-corrected chi connectivity index (χ3v) is 4.89. The molecule has 0 radical (unpaired) electrons. The summed E-state index contributed by atoms with van der Waals surface area (Å²) < 4.78 is 7.13. The van der Waals surface area contributed by atoms with Gasteiger partial charge in [-0.15, -0.1) is 10.2 Å². The Kier molecular flexibility index (Phi) is 6.85. The van der Waals surface area contributed by atoms with Gasteiger partial charge < -0.3 is 19.9 Å². The second kappa shape index (κ2) is 9.74. The fourth-order valence-corrected chi connectivity index (χ4v) is 3.13. The topological polar surface area (TPSA) is 98.1 Å². The van der Waals surface area contributed by atoms with Gasteiger partial charge in [0.25, 0.3) is 5.91 Å². The number of amides is 2. The lowest BCUT2D eigenvalue weighted by atomic mass is 10.2. The van der Waals surface area contributed by atoms with E-state index in [0.717, 1.165) is 5.75 Å². The van der Waals surface area contributed by atoms with E-state index in [4.69, 9.17) is 4.74 Å². The maximum atomic E-state index is 12.4. The van der Waals surface area contributed by atoms with Crippen LogP contribution >= 0.6 is 11.8 Å². The smallest absolute Gasteiger partial charge is 0.255 e. The standard InChI is InChI=1S/C20H21N5O3S/c1-3-28-17-10-8-16(9-11-17)23-19(27)14-4-6-15(7-5-14)22-18(26)12-29-20-24-21-13-25(20)2/h4-11,13H,3,12H2,1-2H3,(H,22,26)(H,23,27). The number of rotatable bonds is 8. The third kappa shape index (κ3) is 5.82. The number of aryl methyl sites for hydroxylation is 1. The average Bonchev–Trinajstić information content (AvgIpc) is 3.13. The minimum absolute atomic E-state index is 0.162. The zero-order valence-electron chi connectivity index (χ0n) is 16.1. The first-order chi connectivity index (χ1) is 14.0. The van der Waals surface area contributed by atoms with E-state index in [1.807, 2.05) is 14.0 Å². The van der Waals surface area contributed by atoms with Crippen molar-refractivity contribution in [3.05, 3.63) is 60.4 Å². The molecule has 0 aliphatic carbocycles. The number of carbonyl (C=O) groups is 2. The second-order valence-corrected chi connectivity index (χ2v) is 6.99. The fraction of sp³-hybridized carbons (Fsp3) is 0.200. The molecule has 0 unspecified atom stereocenters. The molecule has 0 saturated heterocycles. The molecule has 29 heavy (non-hydrogen) atoms. The van der Waals surface area contributed by atoms with Gasteiger partial charge in [0.05, 0.1) is 12.4 Å². The Morgan fingerprint density at radius 1 is 1.03 bits per heavy atom. The number of benzene rings is 2. The number of thioether (sulfide) groups is 1. The van der Waals surface area contributed by atoms with E-state index in [9.17, 15) is 9.59 Å². The number of aromatic nitrogens is 3. The molecule has 2 N–H and O–H groups in total. The molecule has 2 amide bonds. The summed E-state index contributed by atoms with van der Waals surface area (Å²) in [4.78, 5) is 24.4. The Bertz CT molecular complexity index is 971. The number of hydrogen-bond donors (Lipinski definition) is 2. The van der Waals surface area contributed by atoms with Gasteiger partial charge >= 0.3 is 0 Å². The van der Waals surface area contributed by atoms with Crippen LogP contribution in [0.2, 0.25) is 0 Å². The van der Waals surface area contributed by atoms with Gasteiger partial charge in [0.15, 0.2) is 5.16 Å². The van der Waals surface area contributed by atoms with E-state index in [2.05, 4.69) is 20.8 Å². The van der Waals surface area contributed by atoms with Crippen molar-refractivity contribution in [3.63, 3.8) is 0 Å². The SMILES string of the molecule is CCOc1ccc(NC(=O)c2ccc(NC(=O)CSc3nncn3C)cc2)cc1. The maximum Gasteiger partial charge on any atom is 0.255 e. The molecule has 2 aromatic carbocycles. The van der Waals surface area contributed by atoms with Crippen molar-refractivity contribution in [2.45, 2.75) is 12.1 Å². The normalized spacial score (nSPS) is 10.4. The molecular formula is C20H21N5O3S. The van der Waals surface area contributed by atoms with Crippen LogP contribution in [-0.4, -0.2) is 38.9 Å². The Labute approximate surface area is 172 Å². The van der Waals surface area contributed by atoms with E-state index in [-0.39, 0.29) is 17.6 Å². The van der Waals surface area contributed by atoms with Gasteiger partial charge in [-0.3, -0.25) is 9.59 Å². The van der Waals surface area contributed by atoms with Crippen LogP contribution in [0.4, 0.5) is 11.4 Å². The summed E-state index contributed by atoms with van der Waals surface area (Å²) >= 11 is 1.30. The monoisotopic (exact) mass is 411 g/mol. The summed E-state index contributed by atoms with van der Waals surface area (Å²) in [6, 6.07) is 13.9. The Morgan fingerprint density at radius 2 is 1.69 bits per heavy atom. The molecule has 150 valence electrons. The van der Waals surface area contributed by atoms with Crippen LogP contribution in [0.1, 0.15) is 17.3 Å². The first-order valence-corrected chi connectivity index (χ1v) is 9.94. The van der Waals surface area contributed by atoms with Crippen molar-refractivity contribution in [3.8, 4) is 5.75 Å². The Hall–Kier alpha value is -3.33. The first-order valence-electron chi connectivity index (χ1n) is 8.96. The van der Waals surface area contributed by atoms with Gasteiger partial charge in [-0.2, -0.15) is 0 Å². The number of nitrogens with one attached hydrogen (secondary N) is 2. The van der Waals surface area contributed by atoms with Crippen molar-refractivity contribution in [1.82, 2.24) is 14.8 Å². The van der Waals surface area contributed by atoms with Crippen LogP contribution in [0.3, 0.4) is 0 Å². The summed E-state index contributed by atoms with van der Waals surface area (Å²) in [6.07, 6.45) is 1.58. The molecule has 3 rings (SSSR count). The largest absolute Gasteiger partial charge is 0.494 e. The molecule has 0 atom stereocenters.